The topological polar surface area (TPSA) is 61.8 Å². The lowest BCUT2D eigenvalue weighted by molar-refractivity contribution is 0.318. The number of rotatable bonds is 2. The van der Waals surface area contributed by atoms with Gasteiger partial charge >= 0.3 is 0 Å². The zero-order valence-corrected chi connectivity index (χ0v) is 13.5. The molecule has 0 saturated carbocycles. The molecule has 19 heavy (non-hydrogen) atoms. The third kappa shape index (κ3) is 3.36. The van der Waals surface area contributed by atoms with Crippen molar-refractivity contribution >= 4 is 39.2 Å². The molecule has 1 saturated heterocycles. The van der Waals surface area contributed by atoms with E-state index < -0.39 is 0 Å². The van der Waals surface area contributed by atoms with Gasteiger partial charge in [-0.1, -0.05) is 5.16 Å². The Labute approximate surface area is 126 Å². The summed E-state index contributed by atoms with van der Waals surface area (Å²) in [6.45, 7) is 6.58. The Morgan fingerprint density at radius 2 is 2.26 bits per heavy atom. The smallest absolute Gasteiger partial charge is 0.170 e. The van der Waals surface area contributed by atoms with Gasteiger partial charge in [0.15, 0.2) is 5.84 Å². The van der Waals surface area contributed by atoms with Crippen molar-refractivity contribution in [2.45, 2.75) is 18.6 Å². The predicted octanol–water partition coefficient (Wildman–Crippen LogP) is 2.88. The molecule has 1 aliphatic heterocycles. The van der Waals surface area contributed by atoms with Crippen molar-refractivity contribution in [1.29, 1.82) is 0 Å². The van der Waals surface area contributed by atoms with Gasteiger partial charge in [0.2, 0.25) is 0 Å². The summed E-state index contributed by atoms with van der Waals surface area (Å²) < 4.78 is 1.24. The molecule has 6 heteroatoms. The zero-order chi connectivity index (χ0) is 14.0. The lowest BCUT2D eigenvalue weighted by atomic mass is 10.1. The van der Waals surface area contributed by atoms with E-state index in [1.54, 1.807) is 0 Å². The number of benzene rings is 1. The van der Waals surface area contributed by atoms with Gasteiger partial charge in [-0.3, -0.25) is 0 Å². The minimum absolute atomic E-state index is 0.127. The van der Waals surface area contributed by atoms with Crippen LogP contribution in [0.4, 0.5) is 5.69 Å². The molecule has 104 valence electrons. The molecular weight excluding hydrogens is 326 g/mol. The molecule has 0 spiro atoms. The Hall–Kier alpha value is -0.880. The number of nitrogens with two attached hydrogens (primary N) is 1. The number of halogens is 1. The van der Waals surface area contributed by atoms with Gasteiger partial charge in [0.25, 0.3) is 0 Å². The van der Waals surface area contributed by atoms with Crippen LogP contribution in [0, 0.1) is 0 Å². The molecule has 3 N–H and O–H groups in total. The summed E-state index contributed by atoms with van der Waals surface area (Å²) in [7, 11) is 0. The minimum atomic E-state index is 0.127. The molecule has 1 aromatic rings. The number of thioether (sulfide) groups is 1. The van der Waals surface area contributed by atoms with Crippen molar-refractivity contribution in [1.82, 2.24) is 0 Å². The van der Waals surface area contributed by atoms with Gasteiger partial charge in [-0.2, -0.15) is 11.8 Å². The van der Waals surface area contributed by atoms with E-state index in [1.807, 2.05) is 30.0 Å². The summed E-state index contributed by atoms with van der Waals surface area (Å²) in [6, 6.07) is 5.78. The van der Waals surface area contributed by atoms with Crippen LogP contribution in [0.3, 0.4) is 0 Å². The van der Waals surface area contributed by atoms with Crippen LogP contribution in [0.25, 0.3) is 0 Å². The molecule has 2 rings (SSSR count). The first-order valence-corrected chi connectivity index (χ1v) is 7.87. The minimum Gasteiger partial charge on any atom is -0.409 e. The van der Waals surface area contributed by atoms with Gasteiger partial charge < -0.3 is 15.8 Å². The van der Waals surface area contributed by atoms with Crippen molar-refractivity contribution in [2.75, 3.05) is 23.7 Å². The van der Waals surface area contributed by atoms with E-state index in [2.05, 4.69) is 39.8 Å². The average Bonchev–Trinajstić information content (AvgIpc) is 2.36. The number of nitrogens with zero attached hydrogens (tertiary/aromatic N) is 2. The van der Waals surface area contributed by atoms with Gasteiger partial charge in [-0.05, 0) is 48.0 Å². The quantitative estimate of drug-likeness (QED) is 0.375. The van der Waals surface area contributed by atoms with Crippen molar-refractivity contribution < 1.29 is 5.21 Å². The van der Waals surface area contributed by atoms with Gasteiger partial charge in [0.05, 0.1) is 5.69 Å². The summed E-state index contributed by atoms with van der Waals surface area (Å²) in [4.78, 5) is 2.37. The highest BCUT2D eigenvalue weighted by Gasteiger charge is 2.28. The lowest BCUT2D eigenvalue weighted by Crippen LogP contribution is -2.43. The maximum atomic E-state index is 8.70. The van der Waals surface area contributed by atoms with Gasteiger partial charge in [0.1, 0.15) is 0 Å². The first kappa shape index (κ1) is 14.5. The first-order chi connectivity index (χ1) is 8.93. The fraction of sp³-hybridized carbons (Fsp3) is 0.462. The molecule has 1 heterocycles. The Bertz CT molecular complexity index is 505. The van der Waals surface area contributed by atoms with Crippen molar-refractivity contribution in [2.24, 2.45) is 10.9 Å². The molecule has 0 radical (unpaired) electrons. The molecule has 0 unspecified atom stereocenters. The average molecular weight is 344 g/mol. The molecule has 0 aliphatic carbocycles. The van der Waals surface area contributed by atoms with Gasteiger partial charge in [-0.15, -0.1) is 0 Å². The van der Waals surface area contributed by atoms with Crippen LogP contribution in [-0.2, 0) is 0 Å². The van der Waals surface area contributed by atoms with Crippen LogP contribution < -0.4 is 10.6 Å². The summed E-state index contributed by atoms with van der Waals surface area (Å²) in [5.41, 5.74) is 7.46. The maximum absolute atomic E-state index is 8.70. The predicted molar refractivity (Wildman–Crippen MR) is 85.4 cm³/mol. The maximum Gasteiger partial charge on any atom is 0.170 e. The highest BCUT2D eigenvalue weighted by atomic mass is 79.9. The summed E-state index contributed by atoms with van der Waals surface area (Å²) in [6.07, 6.45) is 0. The molecule has 1 aromatic carbocycles. The molecule has 0 bridgehead atoms. The molecule has 0 atom stereocenters. The number of anilines is 1. The fourth-order valence-electron chi connectivity index (χ4n) is 2.20. The monoisotopic (exact) mass is 343 g/mol. The second-order valence-corrected chi connectivity index (χ2v) is 7.84. The van der Waals surface area contributed by atoms with E-state index in [0.717, 1.165) is 29.0 Å². The Morgan fingerprint density at radius 3 is 2.84 bits per heavy atom. The van der Waals surface area contributed by atoms with E-state index in [1.165, 1.54) is 0 Å². The zero-order valence-electron chi connectivity index (χ0n) is 11.1. The Kier molecular flexibility index (Phi) is 4.30. The standard InChI is InChI=1S/C13H18BrN3OS/c1-13(2)8-17(5-6-19-13)11-4-3-9(7-10(11)14)12(15)16-18/h3-4,7,18H,5-6,8H2,1-2H3,(H2,15,16). The normalized spacial score (nSPS) is 19.5. The van der Waals surface area contributed by atoms with Crippen LogP contribution >= 0.6 is 27.7 Å². The van der Waals surface area contributed by atoms with Crippen LogP contribution in [-0.4, -0.2) is 34.6 Å². The lowest BCUT2D eigenvalue weighted by Gasteiger charge is -2.39. The van der Waals surface area contributed by atoms with Gasteiger partial charge in [0, 0.05) is 33.6 Å². The third-order valence-corrected chi connectivity index (χ3v) is 5.05. The first-order valence-electron chi connectivity index (χ1n) is 6.09. The van der Waals surface area contributed by atoms with Crippen LogP contribution in [0.15, 0.2) is 27.8 Å². The number of amidine groups is 1. The molecular formula is C13H18BrN3OS. The third-order valence-electron chi connectivity index (χ3n) is 3.12. The molecule has 1 fully saturated rings. The molecule has 0 amide bonds. The summed E-state index contributed by atoms with van der Waals surface area (Å²) in [5.74, 6) is 1.25. The Morgan fingerprint density at radius 1 is 1.53 bits per heavy atom. The molecule has 4 nitrogen and oxygen atoms in total. The van der Waals surface area contributed by atoms with Crippen LogP contribution in [0.5, 0.6) is 0 Å². The fourth-order valence-corrected chi connectivity index (χ4v) is 3.94. The number of oxime groups is 1. The highest BCUT2D eigenvalue weighted by molar-refractivity contribution is 9.10. The van der Waals surface area contributed by atoms with E-state index in [0.29, 0.717) is 5.56 Å². The van der Waals surface area contributed by atoms with Crippen molar-refractivity contribution in [3.63, 3.8) is 0 Å². The number of hydrogen-bond donors (Lipinski definition) is 2. The van der Waals surface area contributed by atoms with E-state index in [4.69, 9.17) is 10.9 Å². The van der Waals surface area contributed by atoms with E-state index >= 15 is 0 Å². The second-order valence-electron chi connectivity index (χ2n) is 5.18. The van der Waals surface area contributed by atoms with Crippen molar-refractivity contribution in [3.8, 4) is 0 Å². The molecule has 1 aliphatic rings. The van der Waals surface area contributed by atoms with Crippen LogP contribution in [0.1, 0.15) is 19.4 Å². The largest absolute Gasteiger partial charge is 0.409 e. The number of hydrogen-bond acceptors (Lipinski definition) is 4. The second kappa shape index (κ2) is 5.63. The van der Waals surface area contributed by atoms with E-state index in [9.17, 15) is 0 Å². The van der Waals surface area contributed by atoms with E-state index in [-0.39, 0.29) is 10.6 Å². The van der Waals surface area contributed by atoms with Crippen LogP contribution in [0.2, 0.25) is 0 Å². The molecule has 0 aromatic heterocycles. The Balaban J connectivity index is 2.26. The highest BCUT2D eigenvalue weighted by Crippen LogP contribution is 2.35. The van der Waals surface area contributed by atoms with Gasteiger partial charge in [-0.25, -0.2) is 0 Å². The SMILES string of the molecule is CC1(C)CN(c2ccc(/C(N)=N/O)cc2Br)CCS1. The van der Waals surface area contributed by atoms with Crippen molar-refractivity contribution in [3.05, 3.63) is 28.2 Å². The summed E-state index contributed by atoms with van der Waals surface area (Å²) in [5, 5.41) is 11.7. The summed E-state index contributed by atoms with van der Waals surface area (Å²) >= 11 is 5.58.